The van der Waals surface area contributed by atoms with Crippen LogP contribution >= 0.6 is 0 Å². The molecule has 67 heavy (non-hydrogen) atoms. The van der Waals surface area contributed by atoms with Crippen LogP contribution in [-0.2, 0) is 28.6 Å². The number of ether oxygens (including phenoxy) is 3. The van der Waals surface area contributed by atoms with Crippen LogP contribution in [0.1, 0.15) is 226 Å². The molecule has 1 atom stereocenters. The van der Waals surface area contributed by atoms with E-state index in [9.17, 15) is 14.4 Å². The van der Waals surface area contributed by atoms with Crippen LogP contribution in [0.25, 0.3) is 0 Å². The second-order valence-corrected chi connectivity index (χ2v) is 17.4. The van der Waals surface area contributed by atoms with Crippen LogP contribution in [0.15, 0.2) is 122 Å². The van der Waals surface area contributed by atoms with Gasteiger partial charge in [0.2, 0.25) is 0 Å². The highest BCUT2D eigenvalue weighted by Crippen LogP contribution is 2.12. The van der Waals surface area contributed by atoms with Crippen molar-refractivity contribution in [2.24, 2.45) is 0 Å². The van der Waals surface area contributed by atoms with E-state index in [4.69, 9.17) is 14.2 Å². The summed E-state index contributed by atoms with van der Waals surface area (Å²) < 4.78 is 16.7. The van der Waals surface area contributed by atoms with Crippen LogP contribution < -0.4 is 0 Å². The smallest absolute Gasteiger partial charge is 0.306 e. The Bertz CT molecular complexity index is 1440. The number of hydrogen-bond acceptors (Lipinski definition) is 6. The minimum atomic E-state index is -0.822. The molecular weight excluding hydrogens is 829 g/mol. The molecule has 0 radical (unpaired) electrons. The Hall–Kier alpha value is -4.19. The van der Waals surface area contributed by atoms with Crippen LogP contribution in [0.2, 0.25) is 0 Å². The molecule has 0 saturated carbocycles. The van der Waals surface area contributed by atoms with Crippen molar-refractivity contribution in [2.75, 3.05) is 13.2 Å². The van der Waals surface area contributed by atoms with Crippen molar-refractivity contribution in [1.82, 2.24) is 0 Å². The normalized spacial score (nSPS) is 13.1. The maximum atomic E-state index is 12.8. The molecule has 378 valence electrons. The van der Waals surface area contributed by atoms with E-state index in [0.29, 0.717) is 12.8 Å². The fourth-order valence-corrected chi connectivity index (χ4v) is 6.87. The highest BCUT2D eigenvalue weighted by Gasteiger charge is 2.19. The zero-order valence-electron chi connectivity index (χ0n) is 43.1. The van der Waals surface area contributed by atoms with Gasteiger partial charge in [-0.25, -0.2) is 0 Å². The first-order valence-corrected chi connectivity index (χ1v) is 27.0. The van der Waals surface area contributed by atoms with Gasteiger partial charge in [0.05, 0.1) is 0 Å². The van der Waals surface area contributed by atoms with Gasteiger partial charge in [0.15, 0.2) is 6.10 Å². The van der Waals surface area contributed by atoms with Crippen LogP contribution in [-0.4, -0.2) is 37.2 Å². The summed E-state index contributed by atoms with van der Waals surface area (Å²) in [6.07, 6.45) is 74.7. The van der Waals surface area contributed by atoms with E-state index in [-0.39, 0.29) is 44.0 Å². The minimum absolute atomic E-state index is 0.116. The van der Waals surface area contributed by atoms with Crippen molar-refractivity contribution in [3.8, 4) is 0 Å². The van der Waals surface area contributed by atoms with E-state index in [1.54, 1.807) is 0 Å². The number of allylic oxidation sites excluding steroid dienone is 20. The Balaban J connectivity index is 4.57. The van der Waals surface area contributed by atoms with Crippen molar-refractivity contribution in [3.05, 3.63) is 122 Å². The lowest BCUT2D eigenvalue weighted by atomic mass is 10.1. The van der Waals surface area contributed by atoms with Gasteiger partial charge in [-0.3, -0.25) is 14.4 Å². The van der Waals surface area contributed by atoms with Gasteiger partial charge in [-0.2, -0.15) is 0 Å². The molecule has 0 amide bonds. The fraction of sp³-hybridized carbons (Fsp3) is 0.623. The van der Waals surface area contributed by atoms with Gasteiger partial charge in [0.1, 0.15) is 13.2 Å². The van der Waals surface area contributed by atoms with Gasteiger partial charge in [0.25, 0.3) is 0 Å². The summed E-state index contributed by atoms with van der Waals surface area (Å²) in [6, 6.07) is 0. The second-order valence-electron chi connectivity index (χ2n) is 17.4. The molecule has 0 heterocycles. The lowest BCUT2D eigenvalue weighted by Crippen LogP contribution is -2.30. The van der Waals surface area contributed by atoms with Gasteiger partial charge < -0.3 is 14.2 Å². The summed E-state index contributed by atoms with van der Waals surface area (Å²) in [5.41, 5.74) is 0. The van der Waals surface area contributed by atoms with Crippen molar-refractivity contribution < 1.29 is 28.6 Å². The topological polar surface area (TPSA) is 78.9 Å². The lowest BCUT2D eigenvalue weighted by molar-refractivity contribution is -0.167. The number of carbonyl (C=O) groups is 3. The molecule has 6 nitrogen and oxygen atoms in total. The maximum absolute atomic E-state index is 12.8. The number of rotatable bonds is 47. The third-order valence-electron chi connectivity index (χ3n) is 10.9. The van der Waals surface area contributed by atoms with E-state index >= 15 is 0 Å². The SMILES string of the molecule is CC/C=C\C/C=C\C/C=C\C/C=C\CCCCCCC(=O)O[C@H](COC(=O)CCC/C=C\C/C=C\C/C=C\C/C=C\CCCCC)COC(=O)CCCCCCC/C=C\C/C=C\CCCCC. The summed E-state index contributed by atoms with van der Waals surface area (Å²) in [4.78, 5) is 38.1. The zero-order chi connectivity index (χ0) is 48.6. The van der Waals surface area contributed by atoms with Crippen LogP contribution in [0.3, 0.4) is 0 Å². The third kappa shape index (κ3) is 52.6. The standard InChI is InChI=1S/C61H98O6/c1-4-7-10-13-16-19-22-25-28-30-33-36-39-42-45-48-51-54-60(63)66-57-58(56-65-59(62)53-50-47-44-41-38-35-32-27-24-21-18-15-12-9-6-3)67-61(64)55-52-49-46-43-40-37-34-31-29-26-23-20-17-14-11-8-5-2/h8,11,16-21,25-29,32-34,36-37,42,45,58H,4-7,9-10,12-15,22-24,30-31,35,38-41,43-44,46-57H2,1-3H3/b11-8-,19-16-,20-17-,21-18-,28-25-,29-26-,32-27-,36-33-,37-34-,45-42-/t58-/m0/s1. The van der Waals surface area contributed by atoms with Gasteiger partial charge in [0, 0.05) is 19.3 Å². The molecule has 6 heteroatoms. The quantitative estimate of drug-likeness (QED) is 0.0262. The summed E-state index contributed by atoms with van der Waals surface area (Å²) >= 11 is 0. The second kappa shape index (κ2) is 54.4. The predicted octanol–water partition coefficient (Wildman–Crippen LogP) is 18.1. The summed E-state index contributed by atoms with van der Waals surface area (Å²) in [7, 11) is 0. The molecule has 0 bridgehead atoms. The molecule has 0 N–H and O–H groups in total. The molecule has 0 aromatic carbocycles. The molecule has 0 rings (SSSR count). The van der Waals surface area contributed by atoms with Gasteiger partial charge >= 0.3 is 17.9 Å². The van der Waals surface area contributed by atoms with Crippen LogP contribution in [0.4, 0.5) is 0 Å². The molecule has 0 unspecified atom stereocenters. The van der Waals surface area contributed by atoms with Crippen molar-refractivity contribution >= 4 is 17.9 Å². The molecule has 0 saturated heterocycles. The molecule has 0 aliphatic heterocycles. The predicted molar refractivity (Wildman–Crippen MR) is 288 cm³/mol. The molecule has 0 aliphatic rings. The Kier molecular flexibility index (Phi) is 51.0. The minimum Gasteiger partial charge on any atom is -0.462 e. The average molecular weight is 927 g/mol. The van der Waals surface area contributed by atoms with Gasteiger partial charge in [-0.05, 0) is 128 Å². The van der Waals surface area contributed by atoms with Crippen LogP contribution in [0.5, 0.6) is 0 Å². The van der Waals surface area contributed by atoms with E-state index in [2.05, 4.69) is 142 Å². The van der Waals surface area contributed by atoms with Crippen LogP contribution in [0, 0.1) is 0 Å². The summed E-state index contributed by atoms with van der Waals surface area (Å²) in [5.74, 6) is -1.02. The molecule has 0 aliphatic carbocycles. The van der Waals surface area contributed by atoms with Crippen molar-refractivity contribution in [3.63, 3.8) is 0 Å². The highest BCUT2D eigenvalue weighted by atomic mass is 16.6. The largest absolute Gasteiger partial charge is 0.462 e. The summed E-state index contributed by atoms with van der Waals surface area (Å²) in [5, 5.41) is 0. The fourth-order valence-electron chi connectivity index (χ4n) is 6.87. The van der Waals surface area contributed by atoms with Crippen molar-refractivity contribution in [1.29, 1.82) is 0 Å². The number of carbonyl (C=O) groups excluding carboxylic acids is 3. The third-order valence-corrected chi connectivity index (χ3v) is 10.9. The first-order chi connectivity index (χ1) is 33.0. The molecule has 0 fully saturated rings. The van der Waals surface area contributed by atoms with Crippen molar-refractivity contribution in [2.45, 2.75) is 232 Å². The Morgan fingerprint density at radius 3 is 0.970 bits per heavy atom. The molecule has 0 aromatic rings. The van der Waals surface area contributed by atoms with E-state index in [1.165, 1.54) is 51.4 Å². The maximum Gasteiger partial charge on any atom is 0.306 e. The Morgan fingerprint density at radius 2 is 0.597 bits per heavy atom. The first-order valence-electron chi connectivity index (χ1n) is 27.0. The Labute approximate surface area is 412 Å². The summed E-state index contributed by atoms with van der Waals surface area (Å²) in [6.45, 7) is 6.38. The average Bonchev–Trinajstić information content (AvgIpc) is 3.33. The van der Waals surface area contributed by atoms with E-state index in [0.717, 1.165) is 128 Å². The molecule has 0 aromatic heterocycles. The van der Waals surface area contributed by atoms with E-state index in [1.807, 2.05) is 0 Å². The monoisotopic (exact) mass is 927 g/mol. The zero-order valence-corrected chi connectivity index (χ0v) is 43.1. The lowest BCUT2D eigenvalue weighted by Gasteiger charge is -2.18. The number of esters is 3. The molecule has 0 spiro atoms. The Morgan fingerprint density at radius 1 is 0.313 bits per heavy atom. The number of unbranched alkanes of at least 4 members (excludes halogenated alkanes) is 16. The molecular formula is C61H98O6. The van der Waals surface area contributed by atoms with Gasteiger partial charge in [-0.1, -0.05) is 200 Å². The number of hydrogen-bond donors (Lipinski definition) is 0. The highest BCUT2D eigenvalue weighted by molar-refractivity contribution is 5.71. The van der Waals surface area contributed by atoms with Gasteiger partial charge in [-0.15, -0.1) is 0 Å². The van der Waals surface area contributed by atoms with E-state index < -0.39 is 6.10 Å². The first kappa shape index (κ1) is 62.8.